The van der Waals surface area contributed by atoms with Gasteiger partial charge in [0, 0.05) is 44.6 Å². The van der Waals surface area contributed by atoms with Crippen LogP contribution in [0.5, 0.6) is 0 Å². The first kappa shape index (κ1) is 20.8. The molecule has 0 aliphatic carbocycles. The number of aromatic nitrogens is 3. The number of aryl methyl sites for hydroxylation is 3. The fourth-order valence-corrected chi connectivity index (χ4v) is 3.87. The lowest BCUT2D eigenvalue weighted by molar-refractivity contribution is -0.117. The molecule has 162 valence electrons. The Labute approximate surface area is 179 Å². The topological polar surface area (TPSA) is 103 Å². The number of piperazine rings is 1. The Kier molecular flexibility index (Phi) is 5.60. The number of hydrogen-bond donors (Lipinski definition) is 2. The fraction of sp³-hybridized carbons (Fsp3) is 0.364. The first-order valence-electron chi connectivity index (χ1n) is 10.3. The lowest BCUT2D eigenvalue weighted by Gasteiger charge is -2.34. The van der Waals surface area contributed by atoms with E-state index in [1.54, 1.807) is 24.9 Å². The van der Waals surface area contributed by atoms with Crippen molar-refractivity contribution in [3.05, 3.63) is 57.5 Å². The third kappa shape index (κ3) is 4.36. The molecule has 1 aliphatic heterocycles. The van der Waals surface area contributed by atoms with Gasteiger partial charge < -0.3 is 10.2 Å². The summed E-state index contributed by atoms with van der Waals surface area (Å²) >= 11 is 0. The van der Waals surface area contributed by atoms with Gasteiger partial charge in [-0.2, -0.15) is 0 Å². The van der Waals surface area contributed by atoms with E-state index in [1.807, 2.05) is 36.1 Å². The van der Waals surface area contributed by atoms with Gasteiger partial charge in [0.1, 0.15) is 0 Å². The van der Waals surface area contributed by atoms with E-state index in [0.29, 0.717) is 48.5 Å². The average Bonchev–Trinajstić information content (AvgIpc) is 3.02. The molecular formula is C22H26N6O3. The standard InChI is InChI=1S/C22H26N6O3/c1-14-4-6-16(7-5-14)24-18(29)13-27-8-10-28(11-9-27)22(31)17-12-15(2)23-20-19(17)21(30)25-26(20)3/h4-7,12H,8-11,13H2,1-3H3,(H,24,29)(H,25,30). The second-order valence-electron chi connectivity index (χ2n) is 7.99. The summed E-state index contributed by atoms with van der Waals surface area (Å²) in [7, 11) is 1.70. The summed E-state index contributed by atoms with van der Waals surface area (Å²) in [6.07, 6.45) is 0. The van der Waals surface area contributed by atoms with Crippen molar-refractivity contribution in [2.24, 2.45) is 7.05 Å². The molecule has 9 nitrogen and oxygen atoms in total. The number of benzene rings is 1. The minimum atomic E-state index is -0.320. The van der Waals surface area contributed by atoms with Crippen LogP contribution in [0, 0.1) is 13.8 Å². The quantitative estimate of drug-likeness (QED) is 0.659. The van der Waals surface area contributed by atoms with Crippen molar-refractivity contribution in [1.82, 2.24) is 24.6 Å². The van der Waals surface area contributed by atoms with Crippen molar-refractivity contribution < 1.29 is 9.59 Å². The summed E-state index contributed by atoms with van der Waals surface area (Å²) in [4.78, 5) is 46.0. The molecule has 0 atom stereocenters. The third-order valence-corrected chi connectivity index (χ3v) is 5.53. The van der Waals surface area contributed by atoms with Gasteiger partial charge in [-0.1, -0.05) is 17.7 Å². The number of nitrogens with one attached hydrogen (secondary N) is 2. The Morgan fingerprint density at radius 1 is 1.10 bits per heavy atom. The molecule has 1 aromatic carbocycles. The van der Waals surface area contributed by atoms with Crippen LogP contribution in [-0.2, 0) is 11.8 Å². The number of pyridine rings is 1. The van der Waals surface area contributed by atoms with Crippen LogP contribution >= 0.6 is 0 Å². The molecule has 2 aromatic heterocycles. The van der Waals surface area contributed by atoms with E-state index in [9.17, 15) is 14.4 Å². The maximum absolute atomic E-state index is 13.2. The van der Waals surface area contributed by atoms with Gasteiger partial charge in [0.15, 0.2) is 5.65 Å². The van der Waals surface area contributed by atoms with E-state index in [1.165, 1.54) is 4.68 Å². The molecule has 0 bridgehead atoms. The summed E-state index contributed by atoms with van der Waals surface area (Å²) < 4.78 is 1.53. The third-order valence-electron chi connectivity index (χ3n) is 5.53. The summed E-state index contributed by atoms with van der Waals surface area (Å²) in [6, 6.07) is 9.34. The smallest absolute Gasteiger partial charge is 0.274 e. The van der Waals surface area contributed by atoms with Crippen molar-refractivity contribution in [2.75, 3.05) is 38.0 Å². The highest BCUT2D eigenvalue weighted by Crippen LogP contribution is 2.18. The van der Waals surface area contributed by atoms with Crippen molar-refractivity contribution in [3.8, 4) is 0 Å². The number of anilines is 1. The lowest BCUT2D eigenvalue weighted by atomic mass is 10.1. The predicted octanol–water partition coefficient (Wildman–Crippen LogP) is 1.27. The molecule has 3 aromatic rings. The molecule has 9 heteroatoms. The van der Waals surface area contributed by atoms with E-state index < -0.39 is 0 Å². The van der Waals surface area contributed by atoms with Gasteiger partial charge in [-0.3, -0.25) is 29.1 Å². The lowest BCUT2D eigenvalue weighted by Crippen LogP contribution is -2.50. The van der Waals surface area contributed by atoms with Crippen molar-refractivity contribution in [1.29, 1.82) is 0 Å². The van der Waals surface area contributed by atoms with E-state index in [0.717, 1.165) is 11.3 Å². The second kappa shape index (κ2) is 8.35. The van der Waals surface area contributed by atoms with Gasteiger partial charge in [0.05, 0.1) is 17.5 Å². The van der Waals surface area contributed by atoms with Crippen molar-refractivity contribution in [2.45, 2.75) is 13.8 Å². The van der Waals surface area contributed by atoms with Crippen LogP contribution in [-0.4, -0.2) is 69.1 Å². The van der Waals surface area contributed by atoms with E-state index in [4.69, 9.17) is 0 Å². The number of carbonyl (C=O) groups is 2. The minimum Gasteiger partial charge on any atom is -0.336 e. The van der Waals surface area contributed by atoms with Crippen LogP contribution in [0.2, 0.25) is 0 Å². The summed E-state index contributed by atoms with van der Waals surface area (Å²) in [6.45, 7) is 6.23. The molecule has 1 saturated heterocycles. The number of aromatic amines is 1. The molecular weight excluding hydrogens is 396 g/mol. The molecule has 1 aliphatic rings. The summed E-state index contributed by atoms with van der Waals surface area (Å²) in [5.41, 5.74) is 3.11. The van der Waals surface area contributed by atoms with Gasteiger partial charge in [-0.05, 0) is 32.0 Å². The Hall–Kier alpha value is -3.46. The highest BCUT2D eigenvalue weighted by Gasteiger charge is 2.26. The Bertz CT molecular complexity index is 1190. The van der Waals surface area contributed by atoms with Crippen molar-refractivity contribution >= 4 is 28.5 Å². The highest BCUT2D eigenvalue weighted by atomic mass is 16.2. The minimum absolute atomic E-state index is 0.0779. The van der Waals surface area contributed by atoms with Crippen LogP contribution in [0.4, 0.5) is 5.69 Å². The molecule has 3 heterocycles. The highest BCUT2D eigenvalue weighted by molar-refractivity contribution is 6.05. The average molecular weight is 422 g/mol. The number of hydrogen-bond acceptors (Lipinski definition) is 5. The van der Waals surface area contributed by atoms with Gasteiger partial charge in [-0.25, -0.2) is 4.98 Å². The predicted molar refractivity (Wildman–Crippen MR) is 118 cm³/mol. The van der Waals surface area contributed by atoms with Crippen LogP contribution in [0.3, 0.4) is 0 Å². The molecule has 2 amide bonds. The first-order chi connectivity index (χ1) is 14.8. The Morgan fingerprint density at radius 2 is 1.77 bits per heavy atom. The number of nitrogens with zero attached hydrogens (tertiary/aromatic N) is 4. The summed E-state index contributed by atoms with van der Waals surface area (Å²) in [5.74, 6) is -0.262. The van der Waals surface area contributed by atoms with E-state index in [2.05, 4.69) is 15.4 Å². The molecule has 0 spiro atoms. The number of rotatable bonds is 4. The van der Waals surface area contributed by atoms with Crippen LogP contribution < -0.4 is 10.9 Å². The SMILES string of the molecule is Cc1ccc(NC(=O)CN2CCN(C(=O)c3cc(C)nc4c3c(=O)[nH]n4C)CC2)cc1. The molecule has 0 unspecified atom stereocenters. The zero-order valence-corrected chi connectivity index (χ0v) is 17.9. The first-order valence-corrected chi connectivity index (χ1v) is 10.3. The molecule has 0 saturated carbocycles. The van der Waals surface area contributed by atoms with Crippen LogP contribution in [0.1, 0.15) is 21.6 Å². The molecule has 0 radical (unpaired) electrons. The largest absolute Gasteiger partial charge is 0.336 e. The maximum Gasteiger partial charge on any atom is 0.274 e. The molecule has 1 fully saturated rings. The normalized spacial score (nSPS) is 14.7. The number of H-pyrrole nitrogens is 1. The van der Waals surface area contributed by atoms with Gasteiger partial charge in [0.2, 0.25) is 5.91 Å². The van der Waals surface area contributed by atoms with E-state index >= 15 is 0 Å². The Morgan fingerprint density at radius 3 is 2.45 bits per heavy atom. The number of fused-ring (bicyclic) bond motifs is 1. The zero-order chi connectivity index (χ0) is 22.1. The Balaban J connectivity index is 1.39. The van der Waals surface area contributed by atoms with E-state index in [-0.39, 0.29) is 23.9 Å². The number of carbonyl (C=O) groups excluding carboxylic acids is 2. The van der Waals surface area contributed by atoms with Gasteiger partial charge in [-0.15, -0.1) is 0 Å². The fourth-order valence-electron chi connectivity index (χ4n) is 3.87. The van der Waals surface area contributed by atoms with Crippen molar-refractivity contribution in [3.63, 3.8) is 0 Å². The monoisotopic (exact) mass is 422 g/mol. The summed E-state index contributed by atoms with van der Waals surface area (Å²) in [5, 5.41) is 5.89. The van der Waals surface area contributed by atoms with Crippen LogP contribution in [0.15, 0.2) is 35.1 Å². The number of amides is 2. The van der Waals surface area contributed by atoms with Gasteiger partial charge >= 0.3 is 0 Å². The molecule has 31 heavy (non-hydrogen) atoms. The maximum atomic E-state index is 13.2. The van der Waals surface area contributed by atoms with Crippen LogP contribution in [0.25, 0.3) is 11.0 Å². The molecule has 4 rings (SSSR count). The second-order valence-corrected chi connectivity index (χ2v) is 7.99. The zero-order valence-electron chi connectivity index (χ0n) is 17.9. The van der Waals surface area contributed by atoms with Gasteiger partial charge in [0.25, 0.3) is 11.5 Å². The molecule has 2 N–H and O–H groups in total.